The van der Waals surface area contributed by atoms with Crippen LogP contribution in [-0.4, -0.2) is 54.5 Å². The molecular weight excluding hydrogens is 711 g/mol. The molecule has 8 nitrogen and oxygen atoms in total. The van der Waals surface area contributed by atoms with E-state index < -0.39 is 15.9 Å². The number of carbonyl (C=O) groups is 2. The molecule has 4 rings (SSSR count). The van der Waals surface area contributed by atoms with Gasteiger partial charge in [0.1, 0.15) is 6.10 Å². The number of hydrogen-bond acceptors (Lipinski definition) is 6. The van der Waals surface area contributed by atoms with Gasteiger partial charge in [0.25, 0.3) is 10.1 Å². The van der Waals surface area contributed by atoms with Crippen molar-refractivity contribution < 1.29 is 32.4 Å². The van der Waals surface area contributed by atoms with Crippen LogP contribution in [0.15, 0.2) is 12.2 Å². The first-order valence-corrected chi connectivity index (χ1v) is 24.6. The number of carbonyl (C=O) groups excluding carboxylic acids is 2. The largest absolute Gasteiger partial charge is 0.462 e. The quantitative estimate of drug-likeness (QED) is 0.0363. The van der Waals surface area contributed by atoms with Gasteiger partial charge in [0, 0.05) is 19.4 Å². The van der Waals surface area contributed by atoms with Crippen molar-refractivity contribution in [3.8, 4) is 0 Å². The molecule has 3 N–H and O–H groups in total. The fourth-order valence-electron chi connectivity index (χ4n) is 12.2. The maximum Gasteiger partial charge on any atom is 0.306 e. The molecule has 318 valence electrons. The molecule has 0 radical (unpaired) electrons. The first-order chi connectivity index (χ1) is 26.3. The van der Waals surface area contributed by atoms with E-state index in [0.717, 1.165) is 51.4 Å². The van der Waals surface area contributed by atoms with E-state index in [0.29, 0.717) is 48.9 Å². The summed E-state index contributed by atoms with van der Waals surface area (Å²) in [4.78, 5) is 25.3. The summed E-state index contributed by atoms with van der Waals surface area (Å²) in [6.07, 6.45) is 33.4. The van der Waals surface area contributed by atoms with Crippen molar-refractivity contribution >= 4 is 22.0 Å². The van der Waals surface area contributed by atoms with E-state index in [2.05, 4.69) is 45.2 Å². The van der Waals surface area contributed by atoms with E-state index in [1.54, 1.807) is 0 Å². The van der Waals surface area contributed by atoms with Crippen molar-refractivity contribution in [3.63, 3.8) is 0 Å². The molecule has 0 spiro atoms. The summed E-state index contributed by atoms with van der Waals surface area (Å²) in [6.45, 7) is 9.20. The zero-order chi connectivity index (χ0) is 39.9. The minimum atomic E-state index is -4.10. The molecule has 4 aliphatic rings. The molecule has 0 aromatic heterocycles. The fraction of sp³-hybridized carbons (Fsp3) is 0.913. The Morgan fingerprint density at radius 2 is 1.45 bits per heavy atom. The van der Waals surface area contributed by atoms with E-state index in [1.807, 2.05) is 0 Å². The van der Waals surface area contributed by atoms with Crippen LogP contribution in [0.1, 0.15) is 195 Å². The molecular formula is C46H81NO7S. The third-order valence-corrected chi connectivity index (χ3v) is 16.2. The number of aliphatic hydroxyl groups excluding tert-OH is 1. The van der Waals surface area contributed by atoms with Crippen LogP contribution in [0.2, 0.25) is 0 Å². The lowest BCUT2D eigenvalue weighted by molar-refractivity contribution is -0.181. The Kier molecular flexibility index (Phi) is 19.0. The van der Waals surface area contributed by atoms with Gasteiger partial charge in [-0.05, 0) is 136 Å². The number of esters is 1. The molecule has 0 aromatic carbocycles. The Morgan fingerprint density at radius 3 is 2.11 bits per heavy atom. The second-order valence-electron chi connectivity index (χ2n) is 19.0. The molecule has 0 aromatic rings. The zero-order valence-electron chi connectivity index (χ0n) is 35.4. The molecule has 55 heavy (non-hydrogen) atoms. The topological polar surface area (TPSA) is 130 Å². The summed E-state index contributed by atoms with van der Waals surface area (Å²) in [6, 6.07) is 0. The lowest BCUT2D eigenvalue weighted by Crippen LogP contribution is -2.59. The Morgan fingerprint density at radius 1 is 0.818 bits per heavy atom. The smallest absolute Gasteiger partial charge is 0.306 e. The predicted octanol–water partition coefficient (Wildman–Crippen LogP) is 10.8. The van der Waals surface area contributed by atoms with Crippen molar-refractivity contribution in [2.45, 2.75) is 207 Å². The van der Waals surface area contributed by atoms with Gasteiger partial charge in [0.05, 0.1) is 11.9 Å². The highest BCUT2D eigenvalue weighted by Crippen LogP contribution is 2.68. The van der Waals surface area contributed by atoms with Crippen LogP contribution in [0.3, 0.4) is 0 Å². The first kappa shape index (κ1) is 46.2. The molecule has 4 saturated carbocycles. The lowest BCUT2D eigenvalue weighted by Gasteiger charge is -2.62. The van der Waals surface area contributed by atoms with Gasteiger partial charge in [-0.25, -0.2) is 0 Å². The third-order valence-electron chi connectivity index (χ3n) is 15.4. The van der Waals surface area contributed by atoms with Gasteiger partial charge in [-0.3, -0.25) is 14.1 Å². The number of hydrogen-bond donors (Lipinski definition) is 3. The molecule has 0 aliphatic heterocycles. The molecule has 0 heterocycles. The summed E-state index contributed by atoms with van der Waals surface area (Å²) in [5.74, 6) is 2.03. The van der Waals surface area contributed by atoms with E-state index in [4.69, 9.17) is 9.29 Å². The SMILES string of the molecule is CCCCCCCC/C=C\CCCCCCCCCC(=O)OC1CCC2(C)C(CCC3C2CC(O)C2(C)C(C(C)CCC(=O)NCCS(=O)(=O)O)CCC32)C1. The fourth-order valence-corrected chi connectivity index (χ4v) is 12.5. The van der Waals surface area contributed by atoms with Crippen LogP contribution in [0, 0.1) is 46.3 Å². The number of allylic oxidation sites excluding steroid dienone is 2. The van der Waals surface area contributed by atoms with Crippen molar-refractivity contribution in [3.05, 3.63) is 12.2 Å². The van der Waals surface area contributed by atoms with Gasteiger partial charge in [-0.1, -0.05) is 104 Å². The molecule has 1 amide bonds. The maximum absolute atomic E-state index is 12.9. The maximum atomic E-state index is 12.9. The predicted molar refractivity (Wildman–Crippen MR) is 223 cm³/mol. The second kappa shape index (κ2) is 22.6. The molecule has 0 bridgehead atoms. The van der Waals surface area contributed by atoms with E-state index in [1.165, 1.54) is 96.3 Å². The average molecular weight is 792 g/mol. The van der Waals surface area contributed by atoms with E-state index >= 15 is 0 Å². The Labute approximate surface area is 336 Å². The Balaban J connectivity index is 1.10. The van der Waals surface area contributed by atoms with Crippen LogP contribution < -0.4 is 5.32 Å². The standard InChI is InChI=1S/C46H81NO7S/c1-5-6-7-8-9-10-11-12-13-14-15-16-17-18-19-20-21-22-44(50)54-37-29-30-45(3)36(33-37)24-25-38-40-27-26-39(46(40,4)42(48)34-41(38)45)35(2)23-28-43(49)47-31-32-55(51,52)53/h12-13,35-42,48H,5-11,14-34H2,1-4H3,(H,47,49)(H,51,52,53)/b13-12-. The third kappa shape index (κ3) is 13.5. The number of ether oxygens (including phenoxy) is 1. The summed E-state index contributed by atoms with van der Waals surface area (Å²) >= 11 is 0. The van der Waals surface area contributed by atoms with Crippen LogP contribution >= 0.6 is 0 Å². The van der Waals surface area contributed by atoms with Gasteiger partial charge in [-0.2, -0.15) is 8.42 Å². The zero-order valence-corrected chi connectivity index (χ0v) is 36.2. The van der Waals surface area contributed by atoms with E-state index in [-0.39, 0.29) is 47.4 Å². The molecule has 0 saturated heterocycles. The summed E-state index contributed by atoms with van der Waals surface area (Å²) in [7, 11) is -4.10. The number of nitrogens with one attached hydrogen (secondary N) is 1. The highest BCUT2D eigenvalue weighted by molar-refractivity contribution is 7.85. The van der Waals surface area contributed by atoms with Gasteiger partial charge >= 0.3 is 5.97 Å². The van der Waals surface area contributed by atoms with Crippen molar-refractivity contribution in [2.24, 2.45) is 46.3 Å². The Hall–Kier alpha value is -1.45. The van der Waals surface area contributed by atoms with Gasteiger partial charge in [0.2, 0.25) is 5.91 Å². The van der Waals surface area contributed by atoms with Gasteiger partial charge in [-0.15, -0.1) is 0 Å². The average Bonchev–Trinajstić information content (AvgIpc) is 3.50. The highest BCUT2D eigenvalue weighted by Gasteiger charge is 2.63. The number of fused-ring (bicyclic) bond motifs is 5. The lowest BCUT2D eigenvalue weighted by atomic mass is 9.43. The minimum Gasteiger partial charge on any atom is -0.462 e. The molecule has 10 atom stereocenters. The molecule has 10 unspecified atom stereocenters. The van der Waals surface area contributed by atoms with Crippen molar-refractivity contribution in [2.75, 3.05) is 12.3 Å². The van der Waals surface area contributed by atoms with Crippen LogP contribution in [0.5, 0.6) is 0 Å². The monoisotopic (exact) mass is 792 g/mol. The minimum absolute atomic E-state index is 0.0133. The number of rotatable bonds is 25. The molecule has 4 aliphatic carbocycles. The number of unbranched alkanes of at least 4 members (excludes halogenated alkanes) is 13. The van der Waals surface area contributed by atoms with Crippen LogP contribution in [0.4, 0.5) is 0 Å². The first-order valence-electron chi connectivity index (χ1n) is 23.0. The number of aliphatic hydroxyl groups is 1. The van der Waals surface area contributed by atoms with Crippen molar-refractivity contribution in [1.82, 2.24) is 5.32 Å². The van der Waals surface area contributed by atoms with E-state index in [9.17, 15) is 23.1 Å². The highest BCUT2D eigenvalue weighted by atomic mass is 32.2. The summed E-state index contributed by atoms with van der Waals surface area (Å²) in [5, 5.41) is 14.6. The summed E-state index contributed by atoms with van der Waals surface area (Å²) < 4.78 is 37.0. The second-order valence-corrected chi connectivity index (χ2v) is 20.6. The van der Waals surface area contributed by atoms with Crippen LogP contribution in [-0.2, 0) is 24.4 Å². The normalized spacial score (nSPS) is 32.4. The molecule has 9 heteroatoms. The van der Waals surface area contributed by atoms with Crippen molar-refractivity contribution in [1.29, 1.82) is 0 Å². The van der Waals surface area contributed by atoms with Gasteiger partial charge < -0.3 is 15.2 Å². The summed E-state index contributed by atoms with van der Waals surface area (Å²) in [5.41, 5.74) is 0.00375. The Bertz CT molecular complexity index is 1300. The number of amides is 1. The molecule has 4 fully saturated rings. The van der Waals surface area contributed by atoms with Gasteiger partial charge in [0.15, 0.2) is 0 Å². The van der Waals surface area contributed by atoms with Crippen LogP contribution in [0.25, 0.3) is 0 Å².